The minimum atomic E-state index is -4.40. The molecule has 0 saturated carbocycles. The molecule has 9 heteroatoms. The van der Waals surface area contributed by atoms with Crippen LogP contribution in [0.3, 0.4) is 0 Å². The van der Waals surface area contributed by atoms with Crippen LogP contribution in [-0.4, -0.2) is 26.8 Å². The summed E-state index contributed by atoms with van der Waals surface area (Å²) in [6.07, 6.45) is 0. The molecule has 1 N–H and O–H groups in total. The topological polar surface area (TPSA) is 55.8 Å². The van der Waals surface area contributed by atoms with Crippen molar-refractivity contribution in [2.45, 2.75) is 24.0 Å². The van der Waals surface area contributed by atoms with Gasteiger partial charge in [-0.1, -0.05) is 23.2 Å². The predicted octanol–water partition coefficient (Wildman–Crippen LogP) is 3.51. The van der Waals surface area contributed by atoms with Crippen LogP contribution in [0.2, 0.25) is 0 Å². The highest BCUT2D eigenvalue weighted by atomic mass is 35.5. The Kier molecular flexibility index (Phi) is 6.23. The van der Waals surface area contributed by atoms with Crippen molar-refractivity contribution in [2.75, 3.05) is 11.8 Å². The summed E-state index contributed by atoms with van der Waals surface area (Å²) in [5.74, 6) is -0.384. The molecule has 15 heavy (non-hydrogen) atoms. The number of hydrogen-bond donors (Lipinski definition) is 1. The third-order valence-corrected chi connectivity index (χ3v) is 4.29. The van der Waals surface area contributed by atoms with E-state index >= 15 is 0 Å². The van der Waals surface area contributed by atoms with E-state index in [0.29, 0.717) is 0 Å². The van der Waals surface area contributed by atoms with Gasteiger partial charge >= 0.3 is 7.82 Å². The van der Waals surface area contributed by atoms with Crippen molar-refractivity contribution < 1.29 is 18.5 Å². The van der Waals surface area contributed by atoms with Crippen LogP contribution in [-0.2, 0) is 13.6 Å². The number of alkyl halides is 4. The van der Waals surface area contributed by atoms with E-state index < -0.39 is 17.9 Å². The molecule has 0 heterocycles. The second-order valence-electron chi connectivity index (χ2n) is 3.12. The van der Waals surface area contributed by atoms with Gasteiger partial charge < -0.3 is 4.89 Å². The van der Waals surface area contributed by atoms with Gasteiger partial charge in [0, 0.05) is 0 Å². The molecule has 0 amide bonds. The summed E-state index contributed by atoms with van der Waals surface area (Å²) >= 11 is 22.1. The first-order valence-electron chi connectivity index (χ1n) is 3.78. The largest absolute Gasteiger partial charge is 0.475 e. The second-order valence-corrected chi connectivity index (χ2v) is 6.56. The third kappa shape index (κ3) is 7.24. The van der Waals surface area contributed by atoms with Gasteiger partial charge in [0.05, 0.1) is 11.8 Å². The fraction of sp³-hybridized carbons (Fsp3) is 1.00. The molecule has 0 spiro atoms. The first kappa shape index (κ1) is 16.3. The van der Waals surface area contributed by atoms with E-state index in [1.807, 2.05) is 0 Å². The van der Waals surface area contributed by atoms with Gasteiger partial charge in [0.2, 0.25) is 0 Å². The zero-order valence-electron chi connectivity index (χ0n) is 8.05. The number of rotatable bonds is 6. The number of phosphoric acid groups is 1. The van der Waals surface area contributed by atoms with Crippen molar-refractivity contribution in [3.05, 3.63) is 0 Å². The Labute approximate surface area is 108 Å². The molecule has 0 bridgehead atoms. The van der Waals surface area contributed by atoms with Crippen molar-refractivity contribution >= 4 is 54.2 Å². The summed E-state index contributed by atoms with van der Waals surface area (Å²) < 4.78 is 20.6. The summed E-state index contributed by atoms with van der Waals surface area (Å²) in [5.41, 5.74) is 0. The fourth-order valence-electron chi connectivity index (χ4n) is 0.548. The van der Waals surface area contributed by atoms with Crippen molar-refractivity contribution in [3.8, 4) is 0 Å². The Morgan fingerprint density at radius 1 is 1.13 bits per heavy atom. The maximum absolute atomic E-state index is 11.4. The molecule has 0 aliphatic rings. The lowest BCUT2D eigenvalue weighted by atomic mass is 10.5. The lowest BCUT2D eigenvalue weighted by molar-refractivity contribution is 0.0697. The lowest BCUT2D eigenvalue weighted by Crippen LogP contribution is -2.27. The first-order valence-corrected chi connectivity index (χ1v) is 7.10. The Hall–Kier alpha value is 1.27. The fourth-order valence-corrected chi connectivity index (χ4v) is 2.46. The van der Waals surface area contributed by atoms with Gasteiger partial charge in [-0.25, -0.2) is 4.57 Å². The van der Waals surface area contributed by atoms with Gasteiger partial charge in [-0.2, -0.15) is 0 Å². The van der Waals surface area contributed by atoms with Gasteiger partial charge in [0.25, 0.3) is 0 Å². The third-order valence-electron chi connectivity index (χ3n) is 1.09. The quantitative estimate of drug-likeness (QED) is 0.601. The maximum atomic E-state index is 11.4. The average Bonchev–Trinajstić information content (AvgIpc) is 2.00. The van der Waals surface area contributed by atoms with Gasteiger partial charge in [0.15, 0.2) is 10.1 Å². The van der Waals surface area contributed by atoms with E-state index in [1.54, 1.807) is 0 Å². The Balaban J connectivity index is 4.51. The standard InChI is InChI=1S/C6H11Cl4O4P/c1-5(9,3-7)13-15(11,12)14-6(2,10)4-8/h3-4H2,1-2H3,(H,11,12). The lowest BCUT2D eigenvalue weighted by Gasteiger charge is -2.27. The van der Waals surface area contributed by atoms with Crippen molar-refractivity contribution in [3.63, 3.8) is 0 Å². The van der Waals surface area contributed by atoms with Crippen LogP contribution in [0.4, 0.5) is 0 Å². The smallest absolute Gasteiger partial charge is 0.302 e. The minimum Gasteiger partial charge on any atom is -0.302 e. The molecule has 0 aliphatic carbocycles. The minimum absolute atomic E-state index is 0.192. The molecule has 0 aromatic rings. The van der Waals surface area contributed by atoms with Crippen LogP contribution >= 0.6 is 54.2 Å². The average molecular weight is 320 g/mol. The van der Waals surface area contributed by atoms with Crippen LogP contribution < -0.4 is 0 Å². The Morgan fingerprint density at radius 3 is 1.60 bits per heavy atom. The number of phosphoric ester groups is 1. The Bertz CT molecular complexity index is 236. The summed E-state index contributed by atoms with van der Waals surface area (Å²) in [5, 5.41) is -3.02. The van der Waals surface area contributed by atoms with Crippen molar-refractivity contribution in [2.24, 2.45) is 0 Å². The highest BCUT2D eigenvalue weighted by Gasteiger charge is 2.39. The van der Waals surface area contributed by atoms with Crippen LogP contribution in [0.25, 0.3) is 0 Å². The number of halogens is 4. The van der Waals surface area contributed by atoms with Crippen LogP contribution in [0, 0.1) is 0 Å². The zero-order chi connectivity index (χ0) is 12.3. The van der Waals surface area contributed by atoms with E-state index in [4.69, 9.17) is 46.4 Å². The van der Waals surface area contributed by atoms with Gasteiger partial charge in [-0.05, 0) is 13.8 Å². The first-order chi connectivity index (χ1) is 6.54. The van der Waals surface area contributed by atoms with Gasteiger partial charge in [-0.15, -0.1) is 23.2 Å². The maximum Gasteiger partial charge on any atom is 0.475 e. The van der Waals surface area contributed by atoms with E-state index in [1.165, 1.54) is 13.8 Å². The van der Waals surface area contributed by atoms with Gasteiger partial charge in [0.1, 0.15) is 0 Å². The van der Waals surface area contributed by atoms with Crippen LogP contribution in [0.5, 0.6) is 0 Å². The molecule has 2 unspecified atom stereocenters. The van der Waals surface area contributed by atoms with Gasteiger partial charge in [-0.3, -0.25) is 9.05 Å². The molecule has 0 saturated heterocycles. The van der Waals surface area contributed by atoms with E-state index in [-0.39, 0.29) is 11.8 Å². The van der Waals surface area contributed by atoms with Crippen LogP contribution in [0.15, 0.2) is 0 Å². The summed E-state index contributed by atoms with van der Waals surface area (Å²) in [6.45, 7) is 2.64. The van der Waals surface area contributed by atoms with Crippen LogP contribution in [0.1, 0.15) is 13.8 Å². The van der Waals surface area contributed by atoms with Crippen molar-refractivity contribution in [1.82, 2.24) is 0 Å². The summed E-state index contributed by atoms with van der Waals surface area (Å²) in [7, 11) is -4.40. The molecule has 4 nitrogen and oxygen atoms in total. The molecule has 0 aliphatic heterocycles. The second kappa shape index (κ2) is 5.74. The molecular formula is C6H11Cl4O4P. The molecule has 2 atom stereocenters. The highest BCUT2D eigenvalue weighted by Crippen LogP contribution is 2.52. The SMILES string of the molecule is CC(Cl)(CCl)OP(=O)(O)OC(C)(Cl)CCl. The molecule has 0 radical (unpaired) electrons. The molecule has 92 valence electrons. The molecule has 0 fully saturated rings. The van der Waals surface area contributed by atoms with E-state index in [9.17, 15) is 9.46 Å². The molecule has 0 aromatic carbocycles. The highest BCUT2D eigenvalue weighted by molar-refractivity contribution is 7.47. The summed E-state index contributed by atoms with van der Waals surface area (Å²) in [6, 6.07) is 0. The zero-order valence-corrected chi connectivity index (χ0v) is 12.0. The van der Waals surface area contributed by atoms with Crippen molar-refractivity contribution in [1.29, 1.82) is 0 Å². The Morgan fingerprint density at radius 2 is 1.40 bits per heavy atom. The predicted molar refractivity (Wildman–Crippen MR) is 62.0 cm³/mol. The van der Waals surface area contributed by atoms with E-state index in [0.717, 1.165) is 0 Å². The number of hydrogen-bond acceptors (Lipinski definition) is 3. The summed E-state index contributed by atoms with van der Waals surface area (Å²) in [4.78, 5) is 9.27. The normalized spacial score (nSPS) is 23.9. The molecule has 0 aromatic heterocycles. The monoisotopic (exact) mass is 318 g/mol. The molecule has 0 rings (SSSR count). The van der Waals surface area contributed by atoms with E-state index in [2.05, 4.69) is 9.05 Å². The molecular weight excluding hydrogens is 309 g/mol.